The Morgan fingerprint density at radius 3 is 1.68 bits per heavy atom. The van der Waals surface area contributed by atoms with Crippen molar-refractivity contribution >= 4 is 27.6 Å². The van der Waals surface area contributed by atoms with Gasteiger partial charge in [0.2, 0.25) is 0 Å². The van der Waals surface area contributed by atoms with Crippen molar-refractivity contribution in [2.45, 2.75) is 154 Å². The highest BCUT2D eigenvalue weighted by Crippen LogP contribution is 2.43. The third-order valence-corrected chi connectivity index (χ3v) is 9.96. The van der Waals surface area contributed by atoms with E-state index in [9.17, 15) is 33.8 Å². The zero-order valence-corrected chi connectivity index (χ0v) is 38.8. The van der Waals surface area contributed by atoms with Gasteiger partial charge in [0.1, 0.15) is 12.7 Å². The summed E-state index contributed by atoms with van der Waals surface area (Å²) >= 11 is 0. The van der Waals surface area contributed by atoms with Crippen LogP contribution >= 0.6 is 15.6 Å². The molecule has 0 aliphatic heterocycles. The summed E-state index contributed by atoms with van der Waals surface area (Å²) in [7, 11) is -9.72. The smallest absolute Gasteiger partial charge is 0.462 e. The molecule has 4 atom stereocenters. The van der Waals surface area contributed by atoms with Gasteiger partial charge >= 0.3 is 27.6 Å². The summed E-state index contributed by atoms with van der Waals surface area (Å²) in [4.78, 5) is 52.7. The van der Waals surface area contributed by atoms with E-state index >= 15 is 0 Å². The summed E-state index contributed by atoms with van der Waals surface area (Å²) in [6.07, 6.45) is 44.6. The zero-order valence-electron chi connectivity index (χ0n) is 37.0. The van der Waals surface area contributed by atoms with Gasteiger partial charge in [0, 0.05) is 12.8 Å². The Morgan fingerprint density at radius 1 is 0.548 bits per heavy atom. The second kappa shape index (κ2) is 40.8. The van der Waals surface area contributed by atoms with Crippen LogP contribution in [-0.4, -0.2) is 81.6 Å². The average molecular weight is 915 g/mol. The molecule has 62 heavy (non-hydrogen) atoms. The first-order valence-corrected chi connectivity index (χ1v) is 25.1. The van der Waals surface area contributed by atoms with Crippen molar-refractivity contribution in [3.05, 3.63) is 97.2 Å². The third kappa shape index (κ3) is 43.6. The molecule has 354 valence electrons. The fourth-order valence-corrected chi connectivity index (χ4v) is 6.33. The van der Waals surface area contributed by atoms with Gasteiger partial charge < -0.3 is 34.4 Å². The number of aliphatic hydroxyl groups is 2. The van der Waals surface area contributed by atoms with E-state index in [1.54, 1.807) is 6.08 Å². The van der Waals surface area contributed by atoms with Crippen LogP contribution in [-0.2, 0) is 41.8 Å². The normalized spacial score (nSPS) is 15.4. The van der Waals surface area contributed by atoms with Crippen LogP contribution in [0.15, 0.2) is 97.2 Å². The molecule has 0 saturated carbocycles. The lowest BCUT2D eigenvalue weighted by atomic mass is 10.1. The van der Waals surface area contributed by atoms with Gasteiger partial charge in [0.15, 0.2) is 6.10 Å². The molecule has 0 aliphatic carbocycles. The highest BCUT2D eigenvalue weighted by Gasteiger charge is 2.28. The number of unbranched alkanes of at least 4 members (excludes halogenated alkanes) is 8. The van der Waals surface area contributed by atoms with Crippen LogP contribution in [0.2, 0.25) is 0 Å². The summed E-state index contributed by atoms with van der Waals surface area (Å²) in [5.41, 5.74) is 0. The van der Waals surface area contributed by atoms with E-state index < -0.39 is 72.3 Å². The predicted molar refractivity (Wildman–Crippen MR) is 245 cm³/mol. The predicted octanol–water partition coefficient (Wildman–Crippen LogP) is 10.3. The van der Waals surface area contributed by atoms with Gasteiger partial charge in [-0.1, -0.05) is 137 Å². The number of carbonyl (C=O) groups is 2. The van der Waals surface area contributed by atoms with Crippen molar-refractivity contribution < 1.29 is 66.7 Å². The van der Waals surface area contributed by atoms with Crippen LogP contribution in [0.1, 0.15) is 136 Å². The Labute approximate surface area is 371 Å². The van der Waals surface area contributed by atoms with E-state index in [0.717, 1.165) is 64.2 Å². The molecule has 0 amide bonds. The van der Waals surface area contributed by atoms with E-state index in [0.29, 0.717) is 25.7 Å². The van der Waals surface area contributed by atoms with Crippen molar-refractivity contribution in [3.8, 4) is 0 Å². The monoisotopic (exact) mass is 914 g/mol. The van der Waals surface area contributed by atoms with Crippen molar-refractivity contribution in [2.75, 3.05) is 26.4 Å². The van der Waals surface area contributed by atoms with Gasteiger partial charge in [-0.05, 0) is 83.5 Å². The minimum Gasteiger partial charge on any atom is -0.462 e. The molecule has 5 N–H and O–H groups in total. The lowest BCUT2D eigenvalue weighted by Gasteiger charge is -2.20. The van der Waals surface area contributed by atoms with Gasteiger partial charge in [-0.25, -0.2) is 9.13 Å². The number of phosphoric acid groups is 2. The van der Waals surface area contributed by atoms with E-state index in [-0.39, 0.29) is 12.8 Å². The molecule has 2 unspecified atom stereocenters. The van der Waals surface area contributed by atoms with Gasteiger partial charge in [-0.2, -0.15) is 0 Å². The van der Waals surface area contributed by atoms with Crippen LogP contribution in [0.5, 0.6) is 0 Å². The molecule has 14 nitrogen and oxygen atoms in total. The quantitative estimate of drug-likeness (QED) is 0.0127. The Hall–Kier alpha value is -3.00. The van der Waals surface area contributed by atoms with Gasteiger partial charge in [0.05, 0.1) is 25.9 Å². The fraction of sp³-hybridized carbons (Fsp3) is 0.609. The van der Waals surface area contributed by atoms with E-state index in [2.05, 4.69) is 52.4 Å². The standard InChI is InChI=1S/C46H76O14P2/c1-3-5-7-8-9-10-11-12-13-14-15-16-21-24-27-30-33-37-46(50)60-44(41-59-62(54,55)58-39-43(48)38-57-61(51,52)53)40-56-45(49)36-32-29-26-23-20-18-17-19-22-25-28-31-35-42(47)34-6-4-2/h6,9-10,12-13,15-18,22-23,25-26,28,31,34,42-44,47-48H,3-5,7-8,11,14,19-21,24,27,29-30,32-33,35-41H2,1-2H3,(H,54,55)(H2,51,52,53)/b10-9-,13-12-,16-15-,18-17-,25-22-,26-23-,31-28+,34-6-/t42?,43-,44+/m0/s1. The SMILES string of the molecule is CC/C=C\C(O)C/C=C/C=C\C/C=C\C/C=C\CCCC(=O)OC[C@H](COP(=O)(O)OC[C@@H](O)COP(=O)(O)O)OC(=O)CCCCCC/C=C\C/C=C\C/C=C\CCCCC. The minimum atomic E-state index is -4.88. The first-order valence-electron chi connectivity index (χ1n) is 22.0. The molecular formula is C46H76O14P2. The highest BCUT2D eigenvalue weighted by atomic mass is 31.2. The van der Waals surface area contributed by atoms with Gasteiger partial charge in [0.25, 0.3) is 0 Å². The molecule has 0 aromatic heterocycles. The van der Waals surface area contributed by atoms with E-state index in [1.807, 2.05) is 61.6 Å². The number of carbonyl (C=O) groups excluding carboxylic acids is 2. The molecule has 0 radical (unpaired) electrons. The molecule has 0 aromatic rings. The number of phosphoric ester groups is 2. The number of rotatable bonds is 40. The molecule has 0 fully saturated rings. The van der Waals surface area contributed by atoms with Crippen molar-refractivity contribution in [1.29, 1.82) is 0 Å². The Bertz CT molecular complexity index is 1480. The molecule has 0 aliphatic rings. The van der Waals surface area contributed by atoms with Gasteiger partial charge in [-0.15, -0.1) is 0 Å². The lowest BCUT2D eigenvalue weighted by molar-refractivity contribution is -0.161. The highest BCUT2D eigenvalue weighted by molar-refractivity contribution is 7.47. The first kappa shape index (κ1) is 59.0. The Balaban J connectivity index is 4.70. The van der Waals surface area contributed by atoms with Crippen molar-refractivity contribution in [2.24, 2.45) is 0 Å². The third-order valence-electron chi connectivity index (χ3n) is 8.52. The minimum absolute atomic E-state index is 0.0793. The molecule has 0 bridgehead atoms. The van der Waals surface area contributed by atoms with Crippen LogP contribution in [0, 0.1) is 0 Å². The number of aliphatic hydroxyl groups excluding tert-OH is 2. The number of allylic oxidation sites excluding steroid dienone is 14. The molecule has 0 aromatic carbocycles. The number of hydrogen-bond acceptors (Lipinski definition) is 11. The average Bonchev–Trinajstić information content (AvgIpc) is 3.23. The Morgan fingerprint density at radius 2 is 1.06 bits per heavy atom. The first-order chi connectivity index (χ1) is 29.8. The zero-order chi connectivity index (χ0) is 46.0. The summed E-state index contributed by atoms with van der Waals surface area (Å²) in [5.74, 6) is -1.16. The summed E-state index contributed by atoms with van der Waals surface area (Å²) in [6.45, 7) is 1.37. The molecule has 16 heteroatoms. The number of esters is 2. The van der Waals surface area contributed by atoms with E-state index in [4.69, 9.17) is 23.8 Å². The largest absolute Gasteiger partial charge is 0.472 e. The van der Waals surface area contributed by atoms with Crippen LogP contribution in [0.4, 0.5) is 0 Å². The number of ether oxygens (including phenoxy) is 2. The topological polar surface area (TPSA) is 216 Å². The summed E-state index contributed by atoms with van der Waals surface area (Å²) < 4.78 is 47.7. The molecular weight excluding hydrogens is 838 g/mol. The van der Waals surface area contributed by atoms with E-state index in [1.165, 1.54) is 19.3 Å². The second-order valence-corrected chi connectivity index (χ2v) is 17.1. The molecule has 0 spiro atoms. The van der Waals surface area contributed by atoms with Crippen LogP contribution in [0.25, 0.3) is 0 Å². The van der Waals surface area contributed by atoms with Crippen LogP contribution < -0.4 is 0 Å². The Kier molecular flexibility index (Phi) is 38.8. The maximum Gasteiger partial charge on any atom is 0.472 e. The molecule has 0 rings (SSSR count). The summed E-state index contributed by atoms with van der Waals surface area (Å²) in [6, 6.07) is 0. The number of hydrogen-bond donors (Lipinski definition) is 5. The summed E-state index contributed by atoms with van der Waals surface area (Å²) in [5, 5.41) is 19.5. The molecule has 0 saturated heterocycles. The van der Waals surface area contributed by atoms with Crippen molar-refractivity contribution in [1.82, 2.24) is 0 Å². The fourth-order valence-electron chi connectivity index (χ4n) is 5.17. The maximum absolute atomic E-state index is 12.7. The van der Waals surface area contributed by atoms with Crippen LogP contribution in [0.3, 0.4) is 0 Å². The van der Waals surface area contributed by atoms with Crippen molar-refractivity contribution in [3.63, 3.8) is 0 Å². The second-order valence-electron chi connectivity index (χ2n) is 14.4. The molecule has 0 heterocycles. The lowest BCUT2D eigenvalue weighted by Crippen LogP contribution is -2.30. The maximum atomic E-state index is 12.7. The van der Waals surface area contributed by atoms with Gasteiger partial charge in [-0.3, -0.25) is 23.2 Å².